The molecule has 0 radical (unpaired) electrons. The highest BCUT2D eigenvalue weighted by molar-refractivity contribution is 6.31. The minimum Gasteiger partial charge on any atom is -0.491 e. The number of hydrogen-bond acceptors (Lipinski definition) is 3. The van der Waals surface area contributed by atoms with Gasteiger partial charge in [0.15, 0.2) is 5.82 Å². The van der Waals surface area contributed by atoms with Gasteiger partial charge in [0.1, 0.15) is 18.5 Å². The van der Waals surface area contributed by atoms with E-state index in [1.807, 2.05) is 0 Å². The summed E-state index contributed by atoms with van der Waals surface area (Å²) in [5, 5.41) is 13.2. The quantitative estimate of drug-likeness (QED) is 0.842. The number of aliphatic hydroxyl groups is 1. The summed E-state index contributed by atoms with van der Waals surface area (Å²) in [7, 11) is 0. The molecule has 0 aliphatic rings. The number of rotatable bonds is 6. The number of halogens is 3. The lowest BCUT2D eigenvalue weighted by molar-refractivity contribution is 0.117. The van der Waals surface area contributed by atoms with Crippen LogP contribution in [-0.4, -0.2) is 24.4 Å². The Labute approximate surface area is 132 Å². The molecule has 0 aliphatic heterocycles. The first-order chi connectivity index (χ1) is 10.1. The average Bonchev–Trinajstić information content (AvgIpc) is 2.47. The maximum Gasteiger partial charge on any atom is 0.164 e. The van der Waals surface area contributed by atoms with E-state index < -0.39 is 11.9 Å². The zero-order valence-electron chi connectivity index (χ0n) is 11.0. The van der Waals surface area contributed by atoms with E-state index in [4.69, 9.17) is 27.9 Å². The van der Waals surface area contributed by atoms with Crippen LogP contribution in [0.3, 0.4) is 0 Å². The van der Waals surface area contributed by atoms with Gasteiger partial charge in [-0.2, -0.15) is 0 Å². The highest BCUT2D eigenvalue weighted by Crippen LogP contribution is 2.22. The predicted molar refractivity (Wildman–Crippen MR) is 82.9 cm³/mol. The van der Waals surface area contributed by atoms with E-state index in [1.165, 1.54) is 6.07 Å². The lowest BCUT2D eigenvalue weighted by atomic mass is 10.3. The van der Waals surface area contributed by atoms with Crippen molar-refractivity contribution in [2.45, 2.75) is 6.10 Å². The zero-order valence-corrected chi connectivity index (χ0v) is 12.5. The van der Waals surface area contributed by atoms with Gasteiger partial charge in [-0.05, 0) is 30.3 Å². The first-order valence-electron chi connectivity index (χ1n) is 6.30. The molecule has 0 bridgehead atoms. The molecule has 2 aromatic rings. The normalized spacial score (nSPS) is 12.0. The van der Waals surface area contributed by atoms with Crippen LogP contribution < -0.4 is 10.1 Å². The van der Waals surface area contributed by atoms with E-state index in [0.717, 1.165) is 0 Å². The standard InChI is InChI=1S/C15H14Cl2FNO2/c16-10-3-1-4-12(7-10)21-9-11(20)8-19-14-6-2-5-13(17)15(14)18/h1-7,11,19-20H,8-9H2. The summed E-state index contributed by atoms with van der Waals surface area (Å²) >= 11 is 11.5. The van der Waals surface area contributed by atoms with Gasteiger partial charge in [-0.3, -0.25) is 0 Å². The van der Waals surface area contributed by atoms with Gasteiger partial charge < -0.3 is 15.2 Å². The summed E-state index contributed by atoms with van der Waals surface area (Å²) in [5.41, 5.74) is 0.240. The third-order valence-electron chi connectivity index (χ3n) is 2.72. The van der Waals surface area contributed by atoms with Crippen molar-refractivity contribution in [2.75, 3.05) is 18.5 Å². The van der Waals surface area contributed by atoms with E-state index in [2.05, 4.69) is 5.32 Å². The van der Waals surface area contributed by atoms with Crippen LogP contribution in [0.25, 0.3) is 0 Å². The first kappa shape index (κ1) is 15.9. The molecule has 0 aliphatic carbocycles. The number of hydrogen-bond donors (Lipinski definition) is 2. The summed E-state index contributed by atoms with van der Waals surface area (Å²) in [6.07, 6.45) is -0.803. The van der Waals surface area contributed by atoms with Crippen LogP contribution in [-0.2, 0) is 0 Å². The summed E-state index contributed by atoms with van der Waals surface area (Å²) in [5.74, 6) is 0.0256. The smallest absolute Gasteiger partial charge is 0.164 e. The van der Waals surface area contributed by atoms with Crippen LogP contribution in [0.2, 0.25) is 10.0 Å². The summed E-state index contributed by atoms with van der Waals surface area (Å²) in [6.45, 7) is 0.202. The fourth-order valence-electron chi connectivity index (χ4n) is 1.68. The van der Waals surface area contributed by atoms with Crippen molar-refractivity contribution in [3.05, 3.63) is 58.3 Å². The zero-order chi connectivity index (χ0) is 15.2. The molecule has 0 saturated carbocycles. The molecule has 0 fully saturated rings. The van der Waals surface area contributed by atoms with Crippen molar-refractivity contribution in [3.8, 4) is 5.75 Å². The van der Waals surface area contributed by atoms with Gasteiger partial charge in [0.2, 0.25) is 0 Å². The Kier molecular flexibility index (Phi) is 5.67. The summed E-state index contributed by atoms with van der Waals surface area (Å²) in [4.78, 5) is 0. The number of nitrogens with one attached hydrogen (secondary N) is 1. The van der Waals surface area contributed by atoms with Crippen molar-refractivity contribution >= 4 is 28.9 Å². The molecule has 0 saturated heterocycles. The van der Waals surface area contributed by atoms with Gasteiger partial charge >= 0.3 is 0 Å². The largest absolute Gasteiger partial charge is 0.491 e. The molecule has 0 aromatic heterocycles. The molecule has 0 heterocycles. The minimum absolute atomic E-state index is 0.0321. The summed E-state index contributed by atoms with van der Waals surface area (Å²) < 4.78 is 19.0. The van der Waals surface area contributed by atoms with Crippen LogP contribution >= 0.6 is 23.2 Å². The Hall–Kier alpha value is -1.49. The fourth-order valence-corrected chi connectivity index (χ4v) is 2.03. The van der Waals surface area contributed by atoms with Crippen LogP contribution in [0.4, 0.5) is 10.1 Å². The predicted octanol–water partition coefficient (Wildman–Crippen LogP) is 3.98. The van der Waals surface area contributed by atoms with Crippen molar-refractivity contribution in [1.29, 1.82) is 0 Å². The van der Waals surface area contributed by atoms with Gasteiger partial charge in [0.05, 0.1) is 10.7 Å². The Balaban J connectivity index is 1.82. The topological polar surface area (TPSA) is 41.5 Å². The molecular weight excluding hydrogens is 316 g/mol. The van der Waals surface area contributed by atoms with Crippen LogP contribution in [0.1, 0.15) is 0 Å². The maximum absolute atomic E-state index is 13.6. The second-order valence-corrected chi connectivity index (χ2v) is 5.25. The van der Waals surface area contributed by atoms with Gasteiger partial charge in [0.25, 0.3) is 0 Å². The molecule has 112 valence electrons. The SMILES string of the molecule is OC(CNc1cccc(Cl)c1F)COc1cccc(Cl)c1. The molecule has 2 N–H and O–H groups in total. The van der Waals surface area contributed by atoms with E-state index >= 15 is 0 Å². The number of ether oxygens (including phenoxy) is 1. The molecular formula is C15H14Cl2FNO2. The van der Waals surface area contributed by atoms with Crippen LogP contribution in [0.15, 0.2) is 42.5 Å². The van der Waals surface area contributed by atoms with Crippen molar-refractivity contribution < 1.29 is 14.2 Å². The second kappa shape index (κ2) is 7.50. The van der Waals surface area contributed by atoms with Gasteiger partial charge in [-0.1, -0.05) is 35.3 Å². The summed E-state index contributed by atoms with van der Waals surface area (Å²) in [6, 6.07) is 11.5. The van der Waals surface area contributed by atoms with E-state index in [9.17, 15) is 9.50 Å². The molecule has 1 atom stereocenters. The molecule has 2 aromatic carbocycles. The van der Waals surface area contributed by atoms with E-state index in [-0.39, 0.29) is 23.9 Å². The molecule has 0 spiro atoms. The molecule has 21 heavy (non-hydrogen) atoms. The number of aliphatic hydroxyl groups excluding tert-OH is 1. The Morgan fingerprint density at radius 3 is 2.71 bits per heavy atom. The molecule has 2 rings (SSSR count). The average molecular weight is 330 g/mol. The van der Waals surface area contributed by atoms with Gasteiger partial charge in [-0.25, -0.2) is 4.39 Å². The third-order valence-corrected chi connectivity index (χ3v) is 3.25. The maximum atomic E-state index is 13.6. The number of anilines is 1. The first-order valence-corrected chi connectivity index (χ1v) is 7.06. The van der Waals surface area contributed by atoms with Crippen molar-refractivity contribution in [2.24, 2.45) is 0 Å². The Morgan fingerprint density at radius 1 is 1.19 bits per heavy atom. The monoisotopic (exact) mass is 329 g/mol. The highest BCUT2D eigenvalue weighted by Gasteiger charge is 2.09. The lowest BCUT2D eigenvalue weighted by Crippen LogP contribution is -2.26. The highest BCUT2D eigenvalue weighted by atomic mass is 35.5. The Morgan fingerprint density at radius 2 is 1.95 bits per heavy atom. The second-order valence-electron chi connectivity index (χ2n) is 4.40. The van der Waals surface area contributed by atoms with Crippen LogP contribution in [0, 0.1) is 5.82 Å². The lowest BCUT2D eigenvalue weighted by Gasteiger charge is -2.14. The fraction of sp³-hybridized carbons (Fsp3) is 0.200. The molecule has 6 heteroatoms. The van der Waals surface area contributed by atoms with E-state index in [0.29, 0.717) is 10.8 Å². The van der Waals surface area contributed by atoms with Crippen LogP contribution in [0.5, 0.6) is 5.75 Å². The van der Waals surface area contributed by atoms with Gasteiger partial charge in [-0.15, -0.1) is 0 Å². The van der Waals surface area contributed by atoms with Gasteiger partial charge in [0, 0.05) is 11.6 Å². The third kappa shape index (κ3) is 4.77. The molecule has 1 unspecified atom stereocenters. The van der Waals surface area contributed by atoms with E-state index in [1.54, 1.807) is 36.4 Å². The van der Waals surface area contributed by atoms with Crippen molar-refractivity contribution in [3.63, 3.8) is 0 Å². The number of benzene rings is 2. The minimum atomic E-state index is -0.803. The molecule has 0 amide bonds. The molecule has 3 nitrogen and oxygen atoms in total. The van der Waals surface area contributed by atoms with Crippen molar-refractivity contribution in [1.82, 2.24) is 0 Å². The Bertz CT molecular complexity index is 610.